The van der Waals surface area contributed by atoms with Gasteiger partial charge in [0, 0.05) is 38.3 Å². The molecular formula is C21H31F2N3O2. The average molecular weight is 395 g/mol. The number of nitrogens with zero attached hydrogens (tertiary/aromatic N) is 2. The van der Waals surface area contributed by atoms with E-state index in [-0.39, 0.29) is 17.4 Å². The molecule has 0 radical (unpaired) electrons. The number of carbonyl (C=O) groups excluding carboxylic acids is 1. The smallest absolute Gasteiger partial charge is 0.224 e. The lowest BCUT2D eigenvalue weighted by Crippen LogP contribution is -2.50. The second-order valence-corrected chi connectivity index (χ2v) is 7.83. The Balaban J connectivity index is 1.47. The van der Waals surface area contributed by atoms with E-state index < -0.39 is 11.6 Å². The number of likely N-dealkylation sites (tertiary alicyclic amines) is 2. The van der Waals surface area contributed by atoms with Gasteiger partial charge in [-0.3, -0.25) is 14.6 Å². The predicted octanol–water partition coefficient (Wildman–Crippen LogP) is 2.40. The van der Waals surface area contributed by atoms with Crippen LogP contribution >= 0.6 is 0 Å². The van der Waals surface area contributed by atoms with E-state index >= 15 is 0 Å². The number of hydrogen-bond donors (Lipinski definition) is 1. The zero-order chi connectivity index (χ0) is 19.9. The Bertz CT molecular complexity index is 630. The van der Waals surface area contributed by atoms with Gasteiger partial charge in [0.15, 0.2) is 0 Å². The Morgan fingerprint density at radius 3 is 2.57 bits per heavy atom. The topological polar surface area (TPSA) is 44.8 Å². The third-order valence-corrected chi connectivity index (χ3v) is 5.95. The molecule has 0 aromatic heterocycles. The standard InChI is InChI=1S/C21H31F2N3O2/c1-28-13-9-24-21(27)16-4-3-10-26(14-16)17-7-11-25(12-8-17)15-18-19(22)5-2-6-20(18)23/h2,5-6,16-17H,3-4,7-15H2,1H3,(H,24,27). The van der Waals surface area contributed by atoms with Crippen molar-refractivity contribution < 1.29 is 18.3 Å². The number of halogens is 2. The molecule has 0 saturated carbocycles. The van der Waals surface area contributed by atoms with Gasteiger partial charge >= 0.3 is 0 Å². The quantitative estimate of drug-likeness (QED) is 0.720. The maximum absolute atomic E-state index is 13.9. The molecule has 0 aliphatic carbocycles. The van der Waals surface area contributed by atoms with E-state index in [1.165, 1.54) is 18.2 Å². The maximum Gasteiger partial charge on any atom is 0.224 e. The number of nitrogens with one attached hydrogen (secondary N) is 1. The van der Waals surface area contributed by atoms with Crippen LogP contribution in [0.15, 0.2) is 18.2 Å². The van der Waals surface area contributed by atoms with Crippen molar-refractivity contribution in [3.63, 3.8) is 0 Å². The molecule has 5 nitrogen and oxygen atoms in total. The van der Waals surface area contributed by atoms with Gasteiger partial charge in [-0.25, -0.2) is 8.78 Å². The molecule has 1 atom stereocenters. The summed E-state index contributed by atoms with van der Waals surface area (Å²) in [5, 5.41) is 2.95. The summed E-state index contributed by atoms with van der Waals surface area (Å²) in [5.74, 6) is -0.786. The van der Waals surface area contributed by atoms with Gasteiger partial charge in [-0.05, 0) is 57.5 Å². The van der Waals surface area contributed by atoms with Crippen molar-refractivity contribution in [1.29, 1.82) is 0 Å². The third-order valence-electron chi connectivity index (χ3n) is 5.95. The zero-order valence-electron chi connectivity index (χ0n) is 16.6. The van der Waals surface area contributed by atoms with Crippen LogP contribution in [0.2, 0.25) is 0 Å². The van der Waals surface area contributed by atoms with E-state index in [9.17, 15) is 13.6 Å². The number of methoxy groups -OCH3 is 1. The number of amides is 1. The highest BCUT2D eigenvalue weighted by Crippen LogP contribution is 2.25. The first-order chi connectivity index (χ1) is 13.6. The van der Waals surface area contributed by atoms with Crippen LogP contribution in [-0.4, -0.2) is 68.2 Å². The van der Waals surface area contributed by atoms with Crippen molar-refractivity contribution in [3.05, 3.63) is 35.4 Å². The first kappa shape index (κ1) is 21.1. The zero-order valence-corrected chi connectivity index (χ0v) is 16.6. The fourth-order valence-corrected chi connectivity index (χ4v) is 4.32. The average Bonchev–Trinajstić information content (AvgIpc) is 2.71. The Morgan fingerprint density at radius 1 is 1.18 bits per heavy atom. The molecule has 1 aromatic rings. The van der Waals surface area contributed by atoms with E-state index in [2.05, 4.69) is 15.1 Å². The summed E-state index contributed by atoms with van der Waals surface area (Å²) in [5.41, 5.74) is 0.159. The van der Waals surface area contributed by atoms with Crippen molar-refractivity contribution in [2.24, 2.45) is 5.92 Å². The lowest BCUT2D eigenvalue weighted by atomic mass is 9.93. The van der Waals surface area contributed by atoms with Crippen LogP contribution in [0.1, 0.15) is 31.2 Å². The van der Waals surface area contributed by atoms with Crippen LogP contribution in [0.25, 0.3) is 0 Å². The van der Waals surface area contributed by atoms with Crippen molar-refractivity contribution in [2.75, 3.05) is 46.4 Å². The minimum Gasteiger partial charge on any atom is -0.383 e. The van der Waals surface area contributed by atoms with Gasteiger partial charge in [0.25, 0.3) is 0 Å². The number of piperidine rings is 2. The number of ether oxygens (including phenoxy) is 1. The van der Waals surface area contributed by atoms with Crippen LogP contribution in [0, 0.1) is 17.6 Å². The number of rotatable bonds is 7. The van der Waals surface area contributed by atoms with Crippen LogP contribution in [0.5, 0.6) is 0 Å². The molecule has 3 rings (SSSR count). The molecular weight excluding hydrogens is 364 g/mol. The summed E-state index contributed by atoms with van der Waals surface area (Å²) in [6.45, 7) is 4.86. The fraction of sp³-hybridized carbons (Fsp3) is 0.667. The summed E-state index contributed by atoms with van der Waals surface area (Å²) < 4.78 is 32.8. The summed E-state index contributed by atoms with van der Waals surface area (Å²) in [4.78, 5) is 16.9. The first-order valence-corrected chi connectivity index (χ1v) is 10.2. The molecule has 2 fully saturated rings. The van der Waals surface area contributed by atoms with Crippen molar-refractivity contribution in [3.8, 4) is 0 Å². The number of benzene rings is 1. The van der Waals surface area contributed by atoms with Gasteiger partial charge in [-0.1, -0.05) is 6.07 Å². The van der Waals surface area contributed by atoms with Gasteiger partial charge in [-0.15, -0.1) is 0 Å². The van der Waals surface area contributed by atoms with Gasteiger partial charge < -0.3 is 10.1 Å². The van der Waals surface area contributed by atoms with Crippen LogP contribution < -0.4 is 5.32 Å². The van der Waals surface area contributed by atoms with Crippen molar-refractivity contribution >= 4 is 5.91 Å². The second kappa shape index (κ2) is 10.3. The number of hydrogen-bond acceptors (Lipinski definition) is 4. The summed E-state index contributed by atoms with van der Waals surface area (Å²) in [7, 11) is 1.63. The highest BCUT2D eigenvalue weighted by Gasteiger charge is 2.31. The summed E-state index contributed by atoms with van der Waals surface area (Å²) >= 11 is 0. The molecule has 2 aliphatic rings. The van der Waals surface area contributed by atoms with E-state index in [0.29, 0.717) is 25.7 Å². The Kier molecular flexibility index (Phi) is 7.76. The van der Waals surface area contributed by atoms with Crippen molar-refractivity contribution in [2.45, 2.75) is 38.3 Å². The van der Waals surface area contributed by atoms with E-state index in [1.54, 1.807) is 7.11 Å². The molecule has 7 heteroatoms. The minimum absolute atomic E-state index is 0.0381. The summed E-state index contributed by atoms with van der Waals surface area (Å²) in [6.07, 6.45) is 3.89. The van der Waals surface area contributed by atoms with Crippen LogP contribution in [0.4, 0.5) is 8.78 Å². The van der Waals surface area contributed by atoms with Gasteiger partial charge in [-0.2, -0.15) is 0 Å². The molecule has 1 unspecified atom stereocenters. The molecule has 0 bridgehead atoms. The lowest BCUT2D eigenvalue weighted by Gasteiger charge is -2.42. The SMILES string of the molecule is COCCNC(=O)C1CCCN(C2CCN(Cc3c(F)cccc3F)CC2)C1. The van der Waals surface area contributed by atoms with Crippen LogP contribution in [0.3, 0.4) is 0 Å². The largest absolute Gasteiger partial charge is 0.383 e. The second-order valence-electron chi connectivity index (χ2n) is 7.83. The Hall–Kier alpha value is -1.57. The summed E-state index contributed by atoms with van der Waals surface area (Å²) in [6, 6.07) is 4.47. The molecule has 2 heterocycles. The lowest BCUT2D eigenvalue weighted by molar-refractivity contribution is -0.127. The molecule has 2 aliphatic heterocycles. The normalized spacial score (nSPS) is 22.3. The van der Waals surface area contributed by atoms with Gasteiger partial charge in [0.05, 0.1) is 12.5 Å². The van der Waals surface area contributed by atoms with E-state index in [0.717, 1.165) is 51.9 Å². The monoisotopic (exact) mass is 395 g/mol. The van der Waals surface area contributed by atoms with Crippen molar-refractivity contribution in [1.82, 2.24) is 15.1 Å². The van der Waals surface area contributed by atoms with E-state index in [1.807, 2.05) is 0 Å². The molecule has 156 valence electrons. The predicted molar refractivity (Wildman–Crippen MR) is 104 cm³/mol. The van der Waals surface area contributed by atoms with E-state index in [4.69, 9.17) is 4.74 Å². The minimum atomic E-state index is -0.472. The third kappa shape index (κ3) is 5.49. The number of carbonyl (C=O) groups is 1. The molecule has 1 amide bonds. The van der Waals surface area contributed by atoms with Gasteiger partial charge in [0.1, 0.15) is 11.6 Å². The van der Waals surface area contributed by atoms with Crippen LogP contribution in [-0.2, 0) is 16.1 Å². The highest BCUT2D eigenvalue weighted by molar-refractivity contribution is 5.78. The fourth-order valence-electron chi connectivity index (χ4n) is 4.32. The Labute approximate surface area is 166 Å². The molecule has 0 spiro atoms. The molecule has 1 N–H and O–H groups in total. The highest BCUT2D eigenvalue weighted by atomic mass is 19.1. The maximum atomic E-state index is 13.9. The Morgan fingerprint density at radius 2 is 1.89 bits per heavy atom. The molecule has 1 aromatic carbocycles. The molecule has 28 heavy (non-hydrogen) atoms. The first-order valence-electron chi connectivity index (χ1n) is 10.2. The molecule has 2 saturated heterocycles. The van der Waals surface area contributed by atoms with Gasteiger partial charge in [0.2, 0.25) is 5.91 Å².